The van der Waals surface area contributed by atoms with Gasteiger partial charge in [-0.15, -0.1) is 0 Å². The topological polar surface area (TPSA) is 50.7 Å². The number of oxime groups is 1. The van der Waals surface area contributed by atoms with E-state index < -0.39 is 0 Å². The molecule has 1 N–H and O–H groups in total. The molecule has 1 aromatic rings. The van der Waals surface area contributed by atoms with Crippen LogP contribution in [0.2, 0.25) is 10.0 Å². The minimum absolute atomic E-state index is 0.0383. The van der Waals surface area contributed by atoms with Crippen LogP contribution in [0.1, 0.15) is 31.2 Å². The summed E-state index contributed by atoms with van der Waals surface area (Å²) in [6.07, 6.45) is 3.03. The first-order valence-electron chi connectivity index (χ1n) is 6.45. The van der Waals surface area contributed by atoms with E-state index in [-0.39, 0.29) is 5.91 Å². The van der Waals surface area contributed by atoms with E-state index in [0.717, 1.165) is 18.4 Å². The summed E-state index contributed by atoms with van der Waals surface area (Å²) in [6.45, 7) is 0. The van der Waals surface area contributed by atoms with Crippen molar-refractivity contribution in [2.24, 2.45) is 5.16 Å². The molecule has 0 bridgehead atoms. The van der Waals surface area contributed by atoms with E-state index >= 15 is 0 Å². The maximum atomic E-state index is 11.7. The molecule has 0 radical (unpaired) electrons. The van der Waals surface area contributed by atoms with Gasteiger partial charge in [0, 0.05) is 24.4 Å². The van der Waals surface area contributed by atoms with Crippen LogP contribution in [-0.2, 0) is 9.63 Å². The Kier molecular flexibility index (Phi) is 5.26. The normalized spacial score (nSPS) is 15.1. The number of halogens is 2. The Morgan fingerprint density at radius 3 is 2.70 bits per heavy atom. The van der Waals surface area contributed by atoms with Gasteiger partial charge in [-0.3, -0.25) is 4.79 Å². The fourth-order valence-corrected chi connectivity index (χ4v) is 2.09. The lowest BCUT2D eigenvalue weighted by Gasteiger charge is -2.07. The van der Waals surface area contributed by atoms with Crippen LogP contribution < -0.4 is 5.32 Å². The summed E-state index contributed by atoms with van der Waals surface area (Å²) in [5, 5.41) is 7.85. The van der Waals surface area contributed by atoms with Gasteiger partial charge < -0.3 is 10.2 Å². The number of nitrogens with one attached hydrogen (secondary N) is 1. The quantitative estimate of drug-likeness (QED) is 0.646. The molecule has 1 aliphatic carbocycles. The van der Waals surface area contributed by atoms with Crippen LogP contribution in [0.15, 0.2) is 23.4 Å². The standard InChI is InChI=1S/C14H16Cl2N2O2/c1-20-18-13(6-7-14(19)17-10-3-4-10)9-2-5-11(15)12(16)8-9/h2,5,8,10H,3-4,6-7H2,1H3,(H,17,19). The SMILES string of the molecule is CON=C(CCC(=O)NC1CC1)c1ccc(Cl)c(Cl)c1. The third-order valence-electron chi connectivity index (χ3n) is 2.99. The van der Waals surface area contributed by atoms with Crippen molar-refractivity contribution in [1.82, 2.24) is 5.32 Å². The molecule has 0 aromatic heterocycles. The summed E-state index contributed by atoms with van der Waals surface area (Å²) in [4.78, 5) is 16.5. The predicted octanol–water partition coefficient (Wildman–Crippen LogP) is 3.40. The van der Waals surface area contributed by atoms with Gasteiger partial charge in [0.2, 0.25) is 5.91 Å². The summed E-state index contributed by atoms with van der Waals surface area (Å²) in [6, 6.07) is 5.61. The summed E-state index contributed by atoms with van der Waals surface area (Å²) in [5.41, 5.74) is 1.48. The molecule has 108 valence electrons. The van der Waals surface area contributed by atoms with Crippen LogP contribution in [0, 0.1) is 0 Å². The monoisotopic (exact) mass is 314 g/mol. The summed E-state index contributed by atoms with van der Waals surface area (Å²) in [7, 11) is 1.47. The van der Waals surface area contributed by atoms with Crippen molar-refractivity contribution >= 4 is 34.8 Å². The largest absolute Gasteiger partial charge is 0.399 e. The van der Waals surface area contributed by atoms with E-state index in [1.165, 1.54) is 7.11 Å². The lowest BCUT2D eigenvalue weighted by atomic mass is 10.1. The van der Waals surface area contributed by atoms with Crippen molar-refractivity contribution in [3.05, 3.63) is 33.8 Å². The molecule has 0 saturated heterocycles. The highest BCUT2D eigenvalue weighted by Gasteiger charge is 2.23. The smallest absolute Gasteiger partial charge is 0.220 e. The molecule has 1 aliphatic rings. The Hall–Kier alpha value is -1.26. The molecule has 1 aromatic carbocycles. The van der Waals surface area contributed by atoms with Crippen LogP contribution in [0.3, 0.4) is 0 Å². The Labute approximate surface area is 128 Å². The summed E-state index contributed by atoms with van der Waals surface area (Å²) in [5.74, 6) is 0.0383. The number of nitrogens with zero attached hydrogens (tertiary/aromatic N) is 1. The zero-order valence-electron chi connectivity index (χ0n) is 11.2. The van der Waals surface area contributed by atoms with Gasteiger partial charge in [-0.2, -0.15) is 0 Å². The zero-order chi connectivity index (χ0) is 14.5. The van der Waals surface area contributed by atoms with E-state index in [1.54, 1.807) is 12.1 Å². The van der Waals surface area contributed by atoms with Crippen LogP contribution in [0.5, 0.6) is 0 Å². The molecule has 1 amide bonds. The number of amides is 1. The van der Waals surface area contributed by atoms with Crippen molar-refractivity contribution in [3.63, 3.8) is 0 Å². The Morgan fingerprint density at radius 2 is 2.10 bits per heavy atom. The summed E-state index contributed by atoms with van der Waals surface area (Å²) < 4.78 is 0. The van der Waals surface area contributed by atoms with Gasteiger partial charge in [0.15, 0.2) is 0 Å². The second kappa shape index (κ2) is 6.95. The predicted molar refractivity (Wildman–Crippen MR) is 80.4 cm³/mol. The lowest BCUT2D eigenvalue weighted by Crippen LogP contribution is -2.25. The lowest BCUT2D eigenvalue weighted by molar-refractivity contribution is -0.121. The van der Waals surface area contributed by atoms with Crippen molar-refractivity contribution < 1.29 is 9.63 Å². The van der Waals surface area contributed by atoms with Gasteiger partial charge in [-0.1, -0.05) is 34.4 Å². The molecule has 0 heterocycles. The average Bonchev–Trinajstić information content (AvgIpc) is 3.22. The number of carbonyl (C=O) groups excluding carboxylic acids is 1. The number of hydrogen-bond donors (Lipinski definition) is 1. The molecule has 1 fully saturated rings. The first-order chi connectivity index (χ1) is 9.60. The van der Waals surface area contributed by atoms with Crippen LogP contribution in [-0.4, -0.2) is 24.8 Å². The van der Waals surface area contributed by atoms with E-state index in [9.17, 15) is 4.79 Å². The van der Waals surface area contributed by atoms with Gasteiger partial charge in [0.1, 0.15) is 7.11 Å². The minimum Gasteiger partial charge on any atom is -0.399 e. The average molecular weight is 315 g/mol. The van der Waals surface area contributed by atoms with Gasteiger partial charge in [-0.05, 0) is 25.0 Å². The molecule has 0 unspecified atom stereocenters. The minimum atomic E-state index is 0.0383. The van der Waals surface area contributed by atoms with Crippen molar-refractivity contribution in [3.8, 4) is 0 Å². The molecule has 6 heteroatoms. The van der Waals surface area contributed by atoms with Crippen molar-refractivity contribution in [1.29, 1.82) is 0 Å². The highest BCUT2D eigenvalue weighted by Crippen LogP contribution is 2.24. The number of hydrogen-bond acceptors (Lipinski definition) is 3. The van der Waals surface area contributed by atoms with E-state index in [4.69, 9.17) is 28.0 Å². The molecule has 2 rings (SSSR count). The Morgan fingerprint density at radius 1 is 1.35 bits per heavy atom. The second-order valence-electron chi connectivity index (χ2n) is 4.69. The fraction of sp³-hybridized carbons (Fsp3) is 0.429. The van der Waals surface area contributed by atoms with Gasteiger partial charge in [-0.25, -0.2) is 0 Å². The third-order valence-corrected chi connectivity index (χ3v) is 3.72. The molecular weight excluding hydrogens is 299 g/mol. The van der Waals surface area contributed by atoms with Crippen LogP contribution in [0.25, 0.3) is 0 Å². The number of benzene rings is 1. The Bertz CT molecular complexity index is 528. The van der Waals surface area contributed by atoms with Crippen molar-refractivity contribution in [2.45, 2.75) is 31.7 Å². The number of carbonyl (C=O) groups is 1. The maximum Gasteiger partial charge on any atom is 0.220 e. The van der Waals surface area contributed by atoms with Gasteiger partial charge >= 0.3 is 0 Å². The molecular formula is C14H16Cl2N2O2. The van der Waals surface area contributed by atoms with E-state index in [2.05, 4.69) is 10.5 Å². The molecule has 4 nitrogen and oxygen atoms in total. The molecule has 20 heavy (non-hydrogen) atoms. The zero-order valence-corrected chi connectivity index (χ0v) is 12.7. The molecule has 1 saturated carbocycles. The molecule has 0 spiro atoms. The second-order valence-corrected chi connectivity index (χ2v) is 5.51. The maximum absolute atomic E-state index is 11.7. The molecule has 0 atom stereocenters. The van der Waals surface area contributed by atoms with Gasteiger partial charge in [0.25, 0.3) is 0 Å². The van der Waals surface area contributed by atoms with Crippen LogP contribution in [0.4, 0.5) is 0 Å². The number of rotatable bonds is 6. The van der Waals surface area contributed by atoms with E-state index in [0.29, 0.717) is 34.6 Å². The summed E-state index contributed by atoms with van der Waals surface area (Å²) >= 11 is 11.9. The Balaban J connectivity index is 2.00. The van der Waals surface area contributed by atoms with E-state index in [1.807, 2.05) is 6.07 Å². The third kappa shape index (κ3) is 4.39. The first kappa shape index (κ1) is 15.1. The fourth-order valence-electron chi connectivity index (χ4n) is 1.79. The highest BCUT2D eigenvalue weighted by atomic mass is 35.5. The molecule has 0 aliphatic heterocycles. The van der Waals surface area contributed by atoms with Gasteiger partial charge in [0.05, 0.1) is 15.8 Å². The first-order valence-corrected chi connectivity index (χ1v) is 7.20. The highest BCUT2D eigenvalue weighted by molar-refractivity contribution is 6.42. The van der Waals surface area contributed by atoms with Crippen LogP contribution >= 0.6 is 23.2 Å². The van der Waals surface area contributed by atoms with Crippen molar-refractivity contribution in [2.75, 3.05) is 7.11 Å².